The van der Waals surface area contributed by atoms with Gasteiger partial charge in [0.15, 0.2) is 0 Å². The number of hydrogen-bond acceptors (Lipinski definition) is 7. The van der Waals surface area contributed by atoms with Gasteiger partial charge in [-0.3, -0.25) is 9.69 Å². The number of nitrogens with one attached hydrogen (secondary N) is 1. The van der Waals surface area contributed by atoms with Crippen LogP contribution in [-0.4, -0.2) is 62.3 Å². The van der Waals surface area contributed by atoms with Crippen molar-refractivity contribution < 1.29 is 22.7 Å². The molecule has 1 N–H and O–H groups in total. The summed E-state index contributed by atoms with van der Waals surface area (Å²) in [6, 6.07) is 6.00. The van der Waals surface area contributed by atoms with Gasteiger partial charge in [0.25, 0.3) is 5.91 Å². The second-order valence-corrected chi connectivity index (χ2v) is 12.2. The maximum Gasteiger partial charge on any atom is 0.341 e. The molecule has 8 nitrogen and oxygen atoms in total. The Labute approximate surface area is 211 Å². The number of thiophene rings is 1. The summed E-state index contributed by atoms with van der Waals surface area (Å²) in [5.41, 5.74) is 1.72. The van der Waals surface area contributed by atoms with E-state index in [0.29, 0.717) is 35.1 Å². The predicted octanol–water partition coefficient (Wildman–Crippen LogP) is 3.98. The van der Waals surface area contributed by atoms with E-state index in [4.69, 9.17) is 4.74 Å². The lowest BCUT2D eigenvalue weighted by Crippen LogP contribution is -2.39. The Hall–Kier alpha value is -2.27. The van der Waals surface area contributed by atoms with Crippen LogP contribution in [0, 0.1) is 5.92 Å². The summed E-state index contributed by atoms with van der Waals surface area (Å²) in [6.45, 7) is 9.71. The number of carbonyl (C=O) groups excluding carboxylic acids is 2. The molecule has 1 saturated heterocycles. The third-order valence-electron chi connectivity index (χ3n) is 6.66. The maximum absolute atomic E-state index is 13.1. The molecule has 0 aliphatic carbocycles. The fraction of sp³-hybridized carbons (Fsp3) is 0.520. The number of nitrogens with zero attached hydrogens (tertiary/aromatic N) is 2. The zero-order chi connectivity index (χ0) is 25.2. The van der Waals surface area contributed by atoms with Gasteiger partial charge >= 0.3 is 5.97 Å². The third kappa shape index (κ3) is 5.45. The van der Waals surface area contributed by atoms with Gasteiger partial charge in [-0.2, -0.15) is 4.31 Å². The number of amides is 1. The minimum atomic E-state index is -3.59. The van der Waals surface area contributed by atoms with Crippen LogP contribution in [-0.2, 0) is 27.7 Å². The van der Waals surface area contributed by atoms with Crippen LogP contribution in [0.4, 0.5) is 5.00 Å². The van der Waals surface area contributed by atoms with Crippen LogP contribution in [0.5, 0.6) is 0 Å². The number of sulfonamides is 1. The molecule has 190 valence electrons. The van der Waals surface area contributed by atoms with Crippen LogP contribution in [0.1, 0.15) is 64.8 Å². The van der Waals surface area contributed by atoms with Crippen molar-refractivity contribution in [2.24, 2.45) is 5.92 Å². The van der Waals surface area contributed by atoms with Crippen LogP contribution in [0.25, 0.3) is 0 Å². The number of ether oxygens (including phenoxy) is 1. The van der Waals surface area contributed by atoms with Gasteiger partial charge in [-0.05, 0) is 68.5 Å². The maximum atomic E-state index is 13.1. The Balaban J connectivity index is 1.55. The highest BCUT2D eigenvalue weighted by Crippen LogP contribution is 2.38. The van der Waals surface area contributed by atoms with Crippen LogP contribution in [0.2, 0.25) is 0 Å². The summed E-state index contributed by atoms with van der Waals surface area (Å²) in [6.07, 6.45) is 2.61. The quantitative estimate of drug-likeness (QED) is 0.556. The molecule has 0 spiro atoms. The number of rotatable bonds is 7. The van der Waals surface area contributed by atoms with E-state index >= 15 is 0 Å². The van der Waals surface area contributed by atoms with Crippen molar-refractivity contribution in [1.82, 2.24) is 9.21 Å². The molecule has 0 saturated carbocycles. The summed E-state index contributed by atoms with van der Waals surface area (Å²) in [5.74, 6) is -0.488. The van der Waals surface area contributed by atoms with E-state index < -0.39 is 21.9 Å². The van der Waals surface area contributed by atoms with Crippen LogP contribution in [0.15, 0.2) is 29.2 Å². The zero-order valence-corrected chi connectivity index (χ0v) is 22.1. The summed E-state index contributed by atoms with van der Waals surface area (Å²) in [5, 5.41) is 3.37. The predicted molar refractivity (Wildman–Crippen MR) is 136 cm³/mol. The fourth-order valence-corrected chi connectivity index (χ4v) is 7.57. The largest absolute Gasteiger partial charge is 0.462 e. The van der Waals surface area contributed by atoms with Gasteiger partial charge in [-0.25, -0.2) is 13.2 Å². The Morgan fingerprint density at radius 2 is 1.91 bits per heavy atom. The Kier molecular flexibility index (Phi) is 7.95. The molecular weight excluding hydrogens is 486 g/mol. The molecular formula is C25H33N3O5S2. The second-order valence-electron chi connectivity index (χ2n) is 9.14. The number of fused-ring (bicyclic) bond motifs is 1. The summed E-state index contributed by atoms with van der Waals surface area (Å²) in [4.78, 5) is 29.3. The molecule has 0 unspecified atom stereocenters. The average Bonchev–Trinajstić information content (AvgIpc) is 3.21. The minimum absolute atomic E-state index is 0.182. The van der Waals surface area contributed by atoms with E-state index in [1.54, 1.807) is 6.92 Å². The highest BCUT2D eigenvalue weighted by Gasteiger charge is 2.30. The average molecular weight is 520 g/mol. The third-order valence-corrected chi connectivity index (χ3v) is 9.68. The second kappa shape index (κ2) is 10.8. The number of anilines is 1. The van der Waals surface area contributed by atoms with Crippen LogP contribution < -0.4 is 5.32 Å². The molecule has 1 amide bonds. The SMILES string of the molecule is CCOC(=O)c1c(NC(=O)c2ccc(S(=O)(=O)N3CCC[C@H](C)C3)cc2)sc2c1CCN(CC)C2. The molecule has 1 aromatic carbocycles. The Bertz CT molecular complexity index is 1190. The first-order chi connectivity index (χ1) is 16.7. The van der Waals surface area contributed by atoms with Crippen molar-refractivity contribution >= 4 is 38.2 Å². The fourth-order valence-electron chi connectivity index (χ4n) is 4.70. The number of piperidine rings is 1. The van der Waals surface area contributed by atoms with E-state index in [0.717, 1.165) is 49.3 Å². The van der Waals surface area contributed by atoms with Gasteiger partial charge in [0.05, 0.1) is 17.1 Å². The number of benzene rings is 1. The van der Waals surface area contributed by atoms with Crippen LogP contribution in [0.3, 0.4) is 0 Å². The lowest BCUT2D eigenvalue weighted by Gasteiger charge is -2.30. The normalized spacial score (nSPS) is 19.2. The number of likely N-dealkylation sites (N-methyl/N-ethyl adjacent to an activating group) is 1. The number of esters is 1. The van der Waals surface area contributed by atoms with Gasteiger partial charge < -0.3 is 10.1 Å². The lowest BCUT2D eigenvalue weighted by atomic mass is 10.0. The standard InChI is InChI=1S/C25H33N3O5S2/c1-4-27-14-12-20-21(16-27)34-24(22(20)25(30)33-5-2)26-23(29)18-8-10-19(11-9-18)35(31,32)28-13-6-7-17(3)15-28/h8-11,17H,4-7,12-16H2,1-3H3,(H,26,29)/t17-/m0/s1. The van der Waals surface area contributed by atoms with Crippen LogP contribution >= 0.6 is 11.3 Å². The van der Waals surface area contributed by atoms with E-state index in [1.165, 1.54) is 39.9 Å². The van der Waals surface area contributed by atoms with Gasteiger partial charge in [-0.1, -0.05) is 13.8 Å². The monoisotopic (exact) mass is 519 g/mol. The van der Waals surface area contributed by atoms with Crippen molar-refractivity contribution in [2.45, 2.75) is 51.5 Å². The van der Waals surface area contributed by atoms with E-state index in [1.807, 2.05) is 0 Å². The van der Waals surface area contributed by atoms with E-state index in [9.17, 15) is 18.0 Å². The molecule has 1 fully saturated rings. The molecule has 1 aromatic heterocycles. The zero-order valence-electron chi connectivity index (χ0n) is 20.5. The molecule has 35 heavy (non-hydrogen) atoms. The summed E-state index contributed by atoms with van der Waals surface area (Å²) >= 11 is 1.41. The van der Waals surface area contributed by atoms with Gasteiger partial charge in [-0.15, -0.1) is 11.3 Å². The first kappa shape index (κ1) is 25.8. The minimum Gasteiger partial charge on any atom is -0.462 e. The molecule has 0 bridgehead atoms. The van der Waals surface area contributed by atoms with Crippen molar-refractivity contribution in [1.29, 1.82) is 0 Å². The van der Waals surface area contributed by atoms with Crippen molar-refractivity contribution in [3.8, 4) is 0 Å². The van der Waals surface area contributed by atoms with Crippen molar-refractivity contribution in [3.63, 3.8) is 0 Å². The number of hydrogen-bond donors (Lipinski definition) is 1. The molecule has 2 aliphatic rings. The van der Waals surface area contributed by atoms with Gasteiger partial charge in [0.1, 0.15) is 5.00 Å². The molecule has 0 radical (unpaired) electrons. The van der Waals surface area contributed by atoms with E-state index in [2.05, 4.69) is 24.1 Å². The van der Waals surface area contributed by atoms with E-state index in [-0.39, 0.29) is 11.5 Å². The van der Waals surface area contributed by atoms with Gasteiger partial charge in [0.2, 0.25) is 10.0 Å². The highest BCUT2D eigenvalue weighted by atomic mass is 32.2. The smallest absolute Gasteiger partial charge is 0.341 e. The molecule has 2 aromatic rings. The van der Waals surface area contributed by atoms with Crippen molar-refractivity contribution in [2.75, 3.05) is 38.1 Å². The number of carbonyl (C=O) groups is 2. The lowest BCUT2D eigenvalue weighted by molar-refractivity contribution is 0.0526. The first-order valence-corrected chi connectivity index (χ1v) is 14.5. The molecule has 3 heterocycles. The van der Waals surface area contributed by atoms with Gasteiger partial charge in [0, 0.05) is 36.6 Å². The Morgan fingerprint density at radius 3 is 2.57 bits per heavy atom. The summed E-state index contributed by atoms with van der Waals surface area (Å²) < 4.78 is 32.9. The van der Waals surface area contributed by atoms with Crippen molar-refractivity contribution in [3.05, 3.63) is 45.8 Å². The Morgan fingerprint density at radius 1 is 1.17 bits per heavy atom. The molecule has 1 atom stereocenters. The molecule has 4 rings (SSSR count). The first-order valence-electron chi connectivity index (χ1n) is 12.2. The highest BCUT2D eigenvalue weighted by molar-refractivity contribution is 7.89. The molecule has 2 aliphatic heterocycles. The molecule has 10 heteroatoms. The topological polar surface area (TPSA) is 96.0 Å². The summed E-state index contributed by atoms with van der Waals surface area (Å²) in [7, 11) is -3.59.